The van der Waals surface area contributed by atoms with Gasteiger partial charge in [0, 0.05) is 18.3 Å². The van der Waals surface area contributed by atoms with Crippen molar-refractivity contribution in [3.05, 3.63) is 53.8 Å². The third-order valence-corrected chi connectivity index (χ3v) is 2.56. The van der Waals surface area contributed by atoms with Crippen LogP contribution in [-0.2, 0) is 4.79 Å². The summed E-state index contributed by atoms with van der Waals surface area (Å²) in [6.07, 6.45) is 0. The lowest BCUT2D eigenvalue weighted by atomic mass is 10.1. The normalized spacial score (nSPS) is 9.65. The summed E-state index contributed by atoms with van der Waals surface area (Å²) in [5, 5.41) is 14.7. The van der Waals surface area contributed by atoms with E-state index in [1.165, 1.54) is 25.1 Å². The predicted octanol–water partition coefficient (Wildman–Crippen LogP) is 3.40. The number of anilines is 3. The number of amides is 1. The maximum atomic E-state index is 13.1. The molecule has 0 unspecified atom stereocenters. The third-order valence-electron chi connectivity index (χ3n) is 2.56. The number of hydrogen-bond donors (Lipinski definition) is 2. The van der Waals surface area contributed by atoms with Crippen LogP contribution in [0.2, 0.25) is 0 Å². The third kappa shape index (κ3) is 3.33. The molecule has 0 fully saturated rings. The van der Waals surface area contributed by atoms with Crippen LogP contribution in [0.15, 0.2) is 42.5 Å². The van der Waals surface area contributed by atoms with Gasteiger partial charge in [-0.25, -0.2) is 4.39 Å². The summed E-state index contributed by atoms with van der Waals surface area (Å²) >= 11 is 0. The molecule has 20 heavy (non-hydrogen) atoms. The van der Waals surface area contributed by atoms with E-state index in [-0.39, 0.29) is 11.5 Å². The molecule has 0 radical (unpaired) electrons. The van der Waals surface area contributed by atoms with Gasteiger partial charge in [-0.3, -0.25) is 4.79 Å². The minimum Gasteiger partial charge on any atom is -0.354 e. The van der Waals surface area contributed by atoms with Gasteiger partial charge in [0.1, 0.15) is 11.9 Å². The van der Waals surface area contributed by atoms with Crippen LogP contribution in [0.4, 0.5) is 21.5 Å². The number of rotatable bonds is 3. The summed E-state index contributed by atoms with van der Waals surface area (Å²) in [6.45, 7) is 1.42. The lowest BCUT2D eigenvalue weighted by Gasteiger charge is -2.10. The van der Waals surface area contributed by atoms with Crippen molar-refractivity contribution in [2.45, 2.75) is 6.92 Å². The molecule has 0 aliphatic carbocycles. The average molecular weight is 269 g/mol. The van der Waals surface area contributed by atoms with E-state index < -0.39 is 5.82 Å². The number of carbonyl (C=O) groups excluding carboxylic acids is 1. The van der Waals surface area contributed by atoms with Gasteiger partial charge < -0.3 is 10.6 Å². The fourth-order valence-electron chi connectivity index (χ4n) is 1.75. The summed E-state index contributed by atoms with van der Waals surface area (Å²) in [5.74, 6) is -0.624. The first-order chi connectivity index (χ1) is 9.58. The van der Waals surface area contributed by atoms with Crippen molar-refractivity contribution in [2.75, 3.05) is 10.6 Å². The quantitative estimate of drug-likeness (QED) is 0.897. The molecule has 2 N–H and O–H groups in total. The van der Waals surface area contributed by atoms with Gasteiger partial charge in [-0.05, 0) is 36.4 Å². The molecule has 0 bridgehead atoms. The maximum absolute atomic E-state index is 13.1. The Hall–Kier alpha value is -2.87. The highest BCUT2D eigenvalue weighted by Crippen LogP contribution is 2.23. The Morgan fingerprint density at radius 3 is 2.65 bits per heavy atom. The zero-order chi connectivity index (χ0) is 14.5. The molecular formula is C15H12FN3O. The van der Waals surface area contributed by atoms with Crippen LogP contribution in [0.1, 0.15) is 12.5 Å². The first-order valence-electron chi connectivity index (χ1n) is 5.93. The second kappa shape index (κ2) is 5.85. The minimum absolute atomic E-state index is 0.165. The second-order valence-electron chi connectivity index (χ2n) is 4.19. The van der Waals surface area contributed by atoms with Crippen molar-refractivity contribution in [1.29, 1.82) is 5.26 Å². The molecule has 0 saturated carbocycles. The molecule has 0 saturated heterocycles. The number of hydrogen-bond acceptors (Lipinski definition) is 3. The Balaban J connectivity index is 2.26. The minimum atomic E-state index is -0.459. The number of carbonyl (C=O) groups is 1. The summed E-state index contributed by atoms with van der Waals surface area (Å²) in [6, 6.07) is 12.9. The Kier molecular flexibility index (Phi) is 3.96. The van der Waals surface area contributed by atoms with E-state index in [2.05, 4.69) is 10.6 Å². The van der Waals surface area contributed by atoms with Gasteiger partial charge >= 0.3 is 0 Å². The highest BCUT2D eigenvalue weighted by Gasteiger charge is 2.05. The molecule has 100 valence electrons. The van der Waals surface area contributed by atoms with Gasteiger partial charge in [-0.15, -0.1) is 0 Å². The molecule has 2 aromatic carbocycles. The fourth-order valence-corrected chi connectivity index (χ4v) is 1.75. The zero-order valence-electron chi connectivity index (χ0n) is 10.8. The molecule has 0 aliphatic rings. The summed E-state index contributed by atoms with van der Waals surface area (Å²) < 4.78 is 13.1. The molecule has 0 spiro atoms. The molecule has 1 amide bonds. The first-order valence-corrected chi connectivity index (χ1v) is 5.93. The highest BCUT2D eigenvalue weighted by atomic mass is 19.1. The van der Waals surface area contributed by atoms with Crippen LogP contribution < -0.4 is 10.6 Å². The Labute approximate surface area is 115 Å². The Morgan fingerprint density at radius 2 is 1.95 bits per heavy atom. The van der Waals surface area contributed by atoms with Gasteiger partial charge in [0.25, 0.3) is 0 Å². The van der Waals surface area contributed by atoms with Crippen molar-refractivity contribution in [1.82, 2.24) is 0 Å². The van der Waals surface area contributed by atoms with Gasteiger partial charge in [0.15, 0.2) is 0 Å². The van der Waals surface area contributed by atoms with E-state index in [4.69, 9.17) is 5.26 Å². The molecule has 0 aliphatic heterocycles. The van der Waals surface area contributed by atoms with Gasteiger partial charge in [-0.2, -0.15) is 5.26 Å². The van der Waals surface area contributed by atoms with E-state index in [1.807, 2.05) is 6.07 Å². The van der Waals surface area contributed by atoms with Crippen LogP contribution in [0, 0.1) is 17.1 Å². The molecule has 2 aromatic rings. The maximum Gasteiger partial charge on any atom is 0.221 e. The molecule has 0 heterocycles. The van der Waals surface area contributed by atoms with Gasteiger partial charge in [0.2, 0.25) is 5.91 Å². The van der Waals surface area contributed by atoms with E-state index in [0.717, 1.165) is 0 Å². The number of nitrogens with zero attached hydrogens (tertiary/aromatic N) is 1. The predicted molar refractivity (Wildman–Crippen MR) is 75.1 cm³/mol. The number of halogens is 1. The smallest absolute Gasteiger partial charge is 0.221 e. The van der Waals surface area contributed by atoms with E-state index >= 15 is 0 Å². The summed E-state index contributed by atoms with van der Waals surface area (Å²) in [5.41, 5.74) is 2.06. The van der Waals surface area contributed by atoms with E-state index in [9.17, 15) is 9.18 Å². The van der Waals surface area contributed by atoms with Crippen molar-refractivity contribution < 1.29 is 9.18 Å². The molecule has 4 nitrogen and oxygen atoms in total. The number of benzene rings is 2. The van der Waals surface area contributed by atoms with Crippen LogP contribution in [0.3, 0.4) is 0 Å². The fraction of sp³-hybridized carbons (Fsp3) is 0.0667. The SMILES string of the molecule is CC(=O)Nc1cccc(Nc2ccc(F)cc2C#N)c1. The number of nitrogens with one attached hydrogen (secondary N) is 2. The second-order valence-corrected chi connectivity index (χ2v) is 4.19. The van der Waals surface area contributed by atoms with Gasteiger partial charge in [-0.1, -0.05) is 6.07 Å². The van der Waals surface area contributed by atoms with Crippen LogP contribution in [-0.4, -0.2) is 5.91 Å². The standard InChI is InChI=1S/C15H12FN3O/c1-10(20)18-13-3-2-4-14(8-13)19-15-6-5-12(16)7-11(15)9-17/h2-8,19H,1H3,(H,18,20). The van der Waals surface area contributed by atoms with Crippen LogP contribution >= 0.6 is 0 Å². The topological polar surface area (TPSA) is 64.9 Å². The monoisotopic (exact) mass is 269 g/mol. The van der Waals surface area contributed by atoms with E-state index in [1.54, 1.807) is 24.3 Å². The summed E-state index contributed by atoms with van der Waals surface area (Å²) in [7, 11) is 0. The lowest BCUT2D eigenvalue weighted by Crippen LogP contribution is -2.05. The average Bonchev–Trinajstić information content (AvgIpc) is 2.40. The van der Waals surface area contributed by atoms with Crippen molar-refractivity contribution >= 4 is 23.0 Å². The Morgan fingerprint density at radius 1 is 1.20 bits per heavy atom. The first kappa shape index (κ1) is 13.6. The van der Waals surface area contributed by atoms with Crippen molar-refractivity contribution in [2.24, 2.45) is 0 Å². The zero-order valence-corrected chi connectivity index (χ0v) is 10.8. The van der Waals surface area contributed by atoms with Crippen LogP contribution in [0.5, 0.6) is 0 Å². The highest BCUT2D eigenvalue weighted by molar-refractivity contribution is 5.89. The van der Waals surface area contributed by atoms with Crippen molar-refractivity contribution in [3.8, 4) is 6.07 Å². The molecule has 0 aromatic heterocycles. The number of nitriles is 1. The summed E-state index contributed by atoms with van der Waals surface area (Å²) in [4.78, 5) is 11.0. The van der Waals surface area contributed by atoms with Crippen LogP contribution in [0.25, 0.3) is 0 Å². The molecule has 0 atom stereocenters. The lowest BCUT2D eigenvalue weighted by molar-refractivity contribution is -0.114. The van der Waals surface area contributed by atoms with Gasteiger partial charge in [0.05, 0.1) is 11.3 Å². The molecular weight excluding hydrogens is 257 g/mol. The largest absolute Gasteiger partial charge is 0.354 e. The Bertz CT molecular complexity index is 692. The molecule has 5 heteroatoms. The molecule has 2 rings (SSSR count). The van der Waals surface area contributed by atoms with E-state index in [0.29, 0.717) is 17.1 Å². The van der Waals surface area contributed by atoms with Crippen molar-refractivity contribution in [3.63, 3.8) is 0 Å².